The Labute approximate surface area is 325 Å². The molecule has 3 aromatic carbocycles. The molecule has 5 aliphatic rings. The number of nitriles is 1. The van der Waals surface area contributed by atoms with Gasteiger partial charge in [0.05, 0.1) is 21.7 Å². The van der Waals surface area contributed by atoms with Crippen LogP contribution in [0.3, 0.4) is 0 Å². The van der Waals surface area contributed by atoms with Crippen LogP contribution in [0.15, 0.2) is 54.6 Å². The highest BCUT2D eigenvalue weighted by Crippen LogP contribution is 2.33. The first-order chi connectivity index (χ1) is 26.6. The van der Waals surface area contributed by atoms with E-state index >= 15 is 0 Å². The predicted octanol–water partition coefficient (Wildman–Crippen LogP) is 5.04. The minimum atomic E-state index is -0.962. The van der Waals surface area contributed by atoms with Crippen molar-refractivity contribution < 1.29 is 24.0 Å². The van der Waals surface area contributed by atoms with Crippen LogP contribution in [0.4, 0.5) is 11.4 Å². The standard InChI is InChI=1S/C42H44ClN7O5/c43-36-21-32(4-1-28(36)22-44)45-30-5-7-31(8-6-30)46-39(52)26-2-9-33(10-3-26)49-17-13-25(14-18-49)23-48-16-15-27-19-34-35(20-29(27)24-48)42(55)50(41(34)54)37-11-12-38(51)47-40(37)53/h1-4,9-10,19-21,25,30-31,37,45H,5-8,11-18,23-24H2,(H,46,52)(H,47,51,53). The number of amides is 5. The predicted molar refractivity (Wildman–Crippen MR) is 207 cm³/mol. The summed E-state index contributed by atoms with van der Waals surface area (Å²) in [6.45, 7) is 4.42. The second kappa shape index (κ2) is 15.5. The molecular weight excluding hydrogens is 718 g/mol. The van der Waals surface area contributed by atoms with Crippen LogP contribution in [0.5, 0.6) is 0 Å². The van der Waals surface area contributed by atoms with E-state index in [2.05, 4.69) is 31.8 Å². The number of carbonyl (C=O) groups excluding carboxylic acids is 5. The van der Waals surface area contributed by atoms with Gasteiger partial charge in [-0.2, -0.15) is 5.26 Å². The zero-order chi connectivity index (χ0) is 38.2. The average molecular weight is 762 g/mol. The first-order valence-electron chi connectivity index (χ1n) is 19.4. The van der Waals surface area contributed by atoms with Gasteiger partial charge in [-0.1, -0.05) is 11.6 Å². The van der Waals surface area contributed by atoms with Gasteiger partial charge in [0.1, 0.15) is 12.1 Å². The SMILES string of the molecule is N#Cc1ccc(NC2CCC(NC(=O)c3ccc(N4CCC(CN5CCc6cc7c(cc6C5)C(=O)N(C5CCC(=O)NC5=O)C7=O)CC4)cc3)CC2)cc1Cl. The maximum Gasteiger partial charge on any atom is 0.262 e. The van der Waals surface area contributed by atoms with Crippen molar-refractivity contribution in [1.29, 1.82) is 5.26 Å². The molecule has 3 aromatic rings. The fourth-order valence-corrected chi connectivity index (χ4v) is 9.11. The Morgan fingerprint density at radius 2 is 1.51 bits per heavy atom. The van der Waals surface area contributed by atoms with Crippen LogP contribution in [0.2, 0.25) is 5.02 Å². The van der Waals surface area contributed by atoms with Gasteiger partial charge in [-0.05, 0) is 123 Å². The van der Waals surface area contributed by atoms with E-state index in [1.807, 2.05) is 42.5 Å². The molecule has 3 fully saturated rings. The lowest BCUT2D eigenvalue weighted by Crippen LogP contribution is -2.54. The minimum Gasteiger partial charge on any atom is -0.382 e. The molecule has 1 aliphatic carbocycles. The molecule has 4 heterocycles. The minimum absolute atomic E-state index is 0.0452. The maximum atomic E-state index is 13.4. The van der Waals surface area contributed by atoms with E-state index in [1.165, 1.54) is 0 Å². The van der Waals surface area contributed by atoms with Crippen LogP contribution in [0.25, 0.3) is 0 Å². The normalized spacial score (nSPS) is 23.2. The lowest BCUT2D eigenvalue weighted by molar-refractivity contribution is -0.136. The molecule has 5 amide bonds. The molecule has 1 atom stereocenters. The third kappa shape index (κ3) is 7.68. The Morgan fingerprint density at radius 1 is 0.818 bits per heavy atom. The van der Waals surface area contributed by atoms with Crippen LogP contribution in [0.1, 0.15) is 99.1 Å². The summed E-state index contributed by atoms with van der Waals surface area (Å²) in [6.07, 6.45) is 6.78. The van der Waals surface area contributed by atoms with Crippen molar-refractivity contribution in [1.82, 2.24) is 20.4 Å². The molecule has 2 saturated heterocycles. The van der Waals surface area contributed by atoms with Crippen molar-refractivity contribution in [3.8, 4) is 6.07 Å². The Bertz CT molecular complexity index is 2080. The number of hydrogen-bond donors (Lipinski definition) is 3. The third-order valence-corrected chi connectivity index (χ3v) is 12.3. The molecule has 8 rings (SSSR count). The van der Waals surface area contributed by atoms with E-state index in [-0.39, 0.29) is 30.7 Å². The van der Waals surface area contributed by atoms with Gasteiger partial charge >= 0.3 is 0 Å². The number of benzene rings is 3. The average Bonchev–Trinajstić information content (AvgIpc) is 3.42. The van der Waals surface area contributed by atoms with Gasteiger partial charge in [-0.3, -0.25) is 39.1 Å². The fraction of sp³-hybridized carbons (Fsp3) is 0.429. The quantitative estimate of drug-likeness (QED) is 0.268. The second-order valence-electron chi connectivity index (χ2n) is 15.5. The van der Waals surface area contributed by atoms with Gasteiger partial charge in [-0.25, -0.2) is 0 Å². The molecular formula is C42H44ClN7O5. The number of hydrogen-bond acceptors (Lipinski definition) is 9. The second-order valence-corrected chi connectivity index (χ2v) is 16.0. The summed E-state index contributed by atoms with van der Waals surface area (Å²) < 4.78 is 0. The van der Waals surface area contributed by atoms with Crippen LogP contribution >= 0.6 is 11.6 Å². The van der Waals surface area contributed by atoms with E-state index in [4.69, 9.17) is 16.9 Å². The topological polar surface area (TPSA) is 155 Å². The molecule has 4 aliphatic heterocycles. The van der Waals surface area contributed by atoms with Gasteiger partial charge in [0.25, 0.3) is 17.7 Å². The molecule has 12 nitrogen and oxygen atoms in total. The molecule has 0 aromatic heterocycles. The summed E-state index contributed by atoms with van der Waals surface area (Å²) in [5, 5.41) is 18.6. The number of rotatable bonds is 8. The van der Waals surface area contributed by atoms with Gasteiger partial charge < -0.3 is 15.5 Å². The first kappa shape index (κ1) is 36.7. The van der Waals surface area contributed by atoms with E-state index in [0.29, 0.717) is 45.8 Å². The largest absolute Gasteiger partial charge is 0.382 e. The lowest BCUT2D eigenvalue weighted by Gasteiger charge is -2.37. The van der Waals surface area contributed by atoms with Crippen LogP contribution in [-0.4, -0.2) is 83.6 Å². The monoisotopic (exact) mass is 761 g/mol. The summed E-state index contributed by atoms with van der Waals surface area (Å²) in [7, 11) is 0. The van der Waals surface area contributed by atoms with E-state index in [0.717, 1.165) is 98.5 Å². The van der Waals surface area contributed by atoms with Crippen LogP contribution in [0, 0.1) is 17.2 Å². The highest BCUT2D eigenvalue weighted by atomic mass is 35.5. The molecule has 284 valence electrons. The van der Waals surface area contributed by atoms with Crippen molar-refractivity contribution in [2.45, 2.75) is 82.5 Å². The molecule has 3 N–H and O–H groups in total. The van der Waals surface area contributed by atoms with Crippen LogP contribution in [-0.2, 0) is 22.6 Å². The van der Waals surface area contributed by atoms with E-state index in [1.54, 1.807) is 12.1 Å². The molecule has 1 unspecified atom stereocenters. The van der Waals surface area contributed by atoms with Crippen LogP contribution < -0.4 is 20.9 Å². The Hall–Kier alpha value is -5.25. The van der Waals surface area contributed by atoms with Gasteiger partial charge in [0.15, 0.2) is 0 Å². The Kier molecular flexibility index (Phi) is 10.3. The maximum absolute atomic E-state index is 13.4. The number of fused-ring (bicyclic) bond motifs is 2. The van der Waals surface area contributed by atoms with Gasteiger partial charge in [0.2, 0.25) is 11.8 Å². The van der Waals surface area contributed by atoms with Crippen molar-refractivity contribution in [2.75, 3.05) is 36.4 Å². The van der Waals surface area contributed by atoms with Gasteiger partial charge in [-0.15, -0.1) is 0 Å². The van der Waals surface area contributed by atoms with Crippen molar-refractivity contribution >= 4 is 52.5 Å². The number of nitrogens with one attached hydrogen (secondary N) is 3. The molecule has 0 radical (unpaired) electrons. The summed E-state index contributed by atoms with van der Waals surface area (Å²) >= 11 is 6.19. The molecule has 13 heteroatoms. The highest BCUT2D eigenvalue weighted by molar-refractivity contribution is 6.32. The number of imide groups is 2. The Morgan fingerprint density at radius 3 is 2.18 bits per heavy atom. The summed E-state index contributed by atoms with van der Waals surface area (Å²) in [4.78, 5) is 69.7. The summed E-state index contributed by atoms with van der Waals surface area (Å²) in [6, 6.07) is 18.6. The number of anilines is 2. The lowest BCUT2D eigenvalue weighted by atomic mass is 9.90. The number of nitrogens with zero attached hydrogens (tertiary/aromatic N) is 4. The molecule has 0 bridgehead atoms. The number of carbonyl (C=O) groups is 5. The number of halogens is 1. The highest BCUT2D eigenvalue weighted by Gasteiger charge is 2.45. The van der Waals surface area contributed by atoms with Crippen molar-refractivity contribution in [3.63, 3.8) is 0 Å². The van der Waals surface area contributed by atoms with E-state index in [9.17, 15) is 24.0 Å². The number of piperidine rings is 2. The van der Waals surface area contributed by atoms with Crippen molar-refractivity contribution in [2.24, 2.45) is 5.92 Å². The summed E-state index contributed by atoms with van der Waals surface area (Å²) in [5.74, 6) is -1.41. The zero-order valence-electron chi connectivity index (χ0n) is 30.6. The molecule has 0 spiro atoms. The third-order valence-electron chi connectivity index (χ3n) is 12.0. The fourth-order valence-electron chi connectivity index (χ4n) is 8.89. The van der Waals surface area contributed by atoms with Gasteiger partial charge in [0, 0.05) is 68.2 Å². The van der Waals surface area contributed by atoms with Crippen molar-refractivity contribution in [3.05, 3.63) is 93.0 Å². The Balaban J connectivity index is 0.787. The molecule has 55 heavy (non-hydrogen) atoms. The van der Waals surface area contributed by atoms with E-state index < -0.39 is 23.8 Å². The summed E-state index contributed by atoms with van der Waals surface area (Å²) in [5.41, 5.74) is 5.96. The smallest absolute Gasteiger partial charge is 0.262 e. The first-order valence-corrected chi connectivity index (χ1v) is 19.7. The zero-order valence-corrected chi connectivity index (χ0v) is 31.4. The molecule has 1 saturated carbocycles.